The van der Waals surface area contributed by atoms with Crippen molar-refractivity contribution in [3.05, 3.63) is 70.5 Å². The van der Waals surface area contributed by atoms with E-state index in [9.17, 15) is 9.18 Å². The fraction of sp³-hybridized carbons (Fsp3) is 0.435. The van der Waals surface area contributed by atoms with Crippen LogP contribution in [-0.2, 0) is 4.79 Å². The predicted octanol–water partition coefficient (Wildman–Crippen LogP) is 4.28. The van der Waals surface area contributed by atoms with E-state index in [1.165, 1.54) is 6.07 Å². The lowest BCUT2D eigenvalue weighted by Crippen LogP contribution is -2.41. The number of nitrogens with one attached hydrogen (secondary N) is 1. The second-order valence-electron chi connectivity index (χ2n) is 7.78. The van der Waals surface area contributed by atoms with Gasteiger partial charge in [-0.1, -0.05) is 54.9 Å². The quantitative estimate of drug-likeness (QED) is 0.730. The van der Waals surface area contributed by atoms with Crippen molar-refractivity contribution in [1.82, 2.24) is 15.1 Å². The molecule has 1 aliphatic rings. The van der Waals surface area contributed by atoms with Gasteiger partial charge in [-0.25, -0.2) is 4.39 Å². The van der Waals surface area contributed by atoms with Gasteiger partial charge in [0.1, 0.15) is 11.9 Å². The Balaban J connectivity index is 1.72. The van der Waals surface area contributed by atoms with Crippen LogP contribution in [0.15, 0.2) is 48.5 Å². The van der Waals surface area contributed by atoms with Gasteiger partial charge in [0, 0.05) is 12.6 Å². The zero-order valence-corrected chi connectivity index (χ0v) is 18.0. The summed E-state index contributed by atoms with van der Waals surface area (Å²) in [5, 5.41) is 3.29. The number of hydrogen-bond acceptors (Lipinski definition) is 3. The Morgan fingerprint density at radius 2 is 2.03 bits per heavy atom. The van der Waals surface area contributed by atoms with E-state index < -0.39 is 5.82 Å². The van der Waals surface area contributed by atoms with Crippen molar-refractivity contribution in [2.24, 2.45) is 5.92 Å². The van der Waals surface area contributed by atoms with Crippen LogP contribution in [0.5, 0.6) is 0 Å². The highest BCUT2D eigenvalue weighted by atomic mass is 35.5. The number of carbonyl (C=O) groups excluding carboxylic acids is 1. The second kappa shape index (κ2) is 9.70. The number of likely N-dealkylation sites (N-methyl/N-ethyl adjacent to an activating group) is 1. The molecule has 3 rings (SSSR count). The van der Waals surface area contributed by atoms with Crippen molar-refractivity contribution in [2.75, 3.05) is 33.7 Å². The van der Waals surface area contributed by atoms with E-state index in [1.807, 2.05) is 62.3 Å². The first-order valence-electron chi connectivity index (χ1n) is 10.1. The topological polar surface area (TPSA) is 35.6 Å². The minimum Gasteiger partial charge on any atom is -0.354 e. The molecule has 0 aliphatic carbocycles. The fourth-order valence-electron chi connectivity index (χ4n) is 4.22. The number of halogens is 2. The molecule has 1 N–H and O–H groups in total. The van der Waals surface area contributed by atoms with E-state index >= 15 is 0 Å². The first-order chi connectivity index (χ1) is 13.9. The standard InChI is InChI=1S/C23H29ClFN3O/c1-4-27(2)22(16-8-6-5-7-9-16)23(29)26-15-18-12-13-28(3)21(18)17-10-11-19(24)20(25)14-17/h5-11,14,18,21-22H,4,12-13,15H2,1-3H3,(H,26,29)/t18-,21-,22+/m1/s1. The first-order valence-corrected chi connectivity index (χ1v) is 10.5. The summed E-state index contributed by atoms with van der Waals surface area (Å²) in [4.78, 5) is 17.3. The van der Waals surface area contributed by atoms with Crippen LogP contribution in [0.1, 0.15) is 36.6 Å². The normalized spacial score (nSPS) is 20.8. The molecule has 6 heteroatoms. The highest BCUT2D eigenvalue weighted by molar-refractivity contribution is 6.30. The van der Waals surface area contributed by atoms with Gasteiger partial charge in [0.05, 0.1) is 5.02 Å². The van der Waals surface area contributed by atoms with Gasteiger partial charge < -0.3 is 5.32 Å². The Morgan fingerprint density at radius 3 is 2.69 bits per heavy atom. The van der Waals surface area contributed by atoms with Gasteiger partial charge in [0.15, 0.2) is 0 Å². The van der Waals surface area contributed by atoms with Crippen LogP contribution in [-0.4, -0.2) is 49.4 Å². The molecule has 1 saturated heterocycles. The molecule has 2 aromatic carbocycles. The Labute approximate surface area is 177 Å². The molecule has 0 spiro atoms. The number of likely N-dealkylation sites (tertiary alicyclic amines) is 1. The number of nitrogens with zero attached hydrogens (tertiary/aromatic N) is 2. The summed E-state index contributed by atoms with van der Waals surface area (Å²) in [5.74, 6) is -0.190. The van der Waals surface area contributed by atoms with Crippen molar-refractivity contribution >= 4 is 17.5 Å². The van der Waals surface area contributed by atoms with Crippen molar-refractivity contribution in [3.63, 3.8) is 0 Å². The van der Waals surface area contributed by atoms with Gasteiger partial charge in [-0.2, -0.15) is 0 Å². The molecule has 156 valence electrons. The lowest BCUT2D eigenvalue weighted by Gasteiger charge is -2.29. The van der Waals surface area contributed by atoms with Crippen LogP contribution in [0.25, 0.3) is 0 Å². The van der Waals surface area contributed by atoms with Crippen molar-refractivity contribution < 1.29 is 9.18 Å². The molecule has 0 unspecified atom stereocenters. The van der Waals surface area contributed by atoms with Crippen LogP contribution >= 0.6 is 11.6 Å². The maximum atomic E-state index is 14.0. The highest BCUT2D eigenvalue weighted by Gasteiger charge is 2.34. The molecule has 2 aromatic rings. The Bertz CT molecular complexity index is 832. The third kappa shape index (κ3) is 4.97. The van der Waals surface area contributed by atoms with Crippen LogP contribution in [0, 0.1) is 11.7 Å². The molecule has 0 aromatic heterocycles. The number of carbonyl (C=O) groups is 1. The Morgan fingerprint density at radius 1 is 1.31 bits per heavy atom. The van der Waals surface area contributed by atoms with E-state index in [4.69, 9.17) is 11.6 Å². The van der Waals surface area contributed by atoms with E-state index in [0.29, 0.717) is 6.54 Å². The van der Waals surface area contributed by atoms with E-state index in [1.54, 1.807) is 6.07 Å². The van der Waals surface area contributed by atoms with Crippen molar-refractivity contribution in [3.8, 4) is 0 Å². The summed E-state index contributed by atoms with van der Waals surface area (Å²) in [5.41, 5.74) is 1.88. The monoisotopic (exact) mass is 417 g/mol. The Kier molecular flexibility index (Phi) is 7.28. The van der Waals surface area contributed by atoms with Crippen molar-refractivity contribution in [2.45, 2.75) is 25.4 Å². The smallest absolute Gasteiger partial charge is 0.241 e. The molecule has 29 heavy (non-hydrogen) atoms. The summed E-state index contributed by atoms with van der Waals surface area (Å²) in [6.45, 7) is 4.28. The molecule has 0 bridgehead atoms. The largest absolute Gasteiger partial charge is 0.354 e. The van der Waals surface area contributed by atoms with Gasteiger partial charge in [-0.05, 0) is 62.8 Å². The first kappa shape index (κ1) is 21.8. The average molecular weight is 418 g/mol. The van der Waals surface area contributed by atoms with Crippen molar-refractivity contribution in [1.29, 1.82) is 0 Å². The summed E-state index contributed by atoms with van der Waals surface area (Å²) < 4.78 is 14.0. The summed E-state index contributed by atoms with van der Waals surface area (Å²) in [7, 11) is 4.00. The second-order valence-corrected chi connectivity index (χ2v) is 8.19. The van der Waals surface area contributed by atoms with Gasteiger partial charge in [-0.15, -0.1) is 0 Å². The predicted molar refractivity (Wildman–Crippen MR) is 115 cm³/mol. The highest BCUT2D eigenvalue weighted by Crippen LogP contribution is 2.36. The molecule has 1 heterocycles. The fourth-order valence-corrected chi connectivity index (χ4v) is 4.33. The number of amides is 1. The van der Waals surface area contributed by atoms with Gasteiger partial charge in [-0.3, -0.25) is 14.6 Å². The zero-order valence-electron chi connectivity index (χ0n) is 17.2. The van der Waals surface area contributed by atoms with Crippen LogP contribution < -0.4 is 5.32 Å². The van der Waals surface area contributed by atoms with Crippen LogP contribution in [0.4, 0.5) is 4.39 Å². The molecule has 3 atom stereocenters. The molecule has 1 aliphatic heterocycles. The number of benzene rings is 2. The maximum absolute atomic E-state index is 14.0. The minimum absolute atomic E-state index is 0.00357. The number of rotatable bonds is 7. The lowest BCUT2D eigenvalue weighted by atomic mass is 9.93. The SMILES string of the molecule is CCN(C)[C@H](C(=O)NC[C@H]1CCN(C)[C@@H]1c1ccc(Cl)c(F)c1)c1ccccc1. The molecular weight excluding hydrogens is 389 g/mol. The summed E-state index contributed by atoms with van der Waals surface area (Å²) in [6.07, 6.45) is 0.950. The molecule has 1 fully saturated rings. The van der Waals surface area contributed by atoms with Gasteiger partial charge in [0.2, 0.25) is 5.91 Å². The molecule has 1 amide bonds. The van der Waals surface area contributed by atoms with Crippen LogP contribution in [0.3, 0.4) is 0 Å². The lowest BCUT2D eigenvalue weighted by molar-refractivity contribution is -0.126. The zero-order chi connectivity index (χ0) is 21.0. The minimum atomic E-state index is -0.402. The van der Waals surface area contributed by atoms with E-state index in [0.717, 1.165) is 30.6 Å². The molecule has 4 nitrogen and oxygen atoms in total. The van der Waals surface area contributed by atoms with E-state index in [2.05, 4.69) is 10.2 Å². The molecular formula is C23H29ClFN3O. The molecule has 0 saturated carbocycles. The van der Waals surface area contributed by atoms with E-state index in [-0.39, 0.29) is 28.9 Å². The summed E-state index contributed by atoms with van der Waals surface area (Å²) in [6, 6.07) is 14.6. The summed E-state index contributed by atoms with van der Waals surface area (Å²) >= 11 is 5.85. The molecule has 0 radical (unpaired) electrons. The maximum Gasteiger partial charge on any atom is 0.241 e. The van der Waals surface area contributed by atoms with Gasteiger partial charge in [0.25, 0.3) is 0 Å². The van der Waals surface area contributed by atoms with Gasteiger partial charge >= 0.3 is 0 Å². The third-order valence-electron chi connectivity index (χ3n) is 5.90. The Hall–Kier alpha value is -1.95. The number of hydrogen-bond donors (Lipinski definition) is 1. The van der Waals surface area contributed by atoms with Crippen LogP contribution in [0.2, 0.25) is 5.02 Å². The third-order valence-corrected chi connectivity index (χ3v) is 6.21. The average Bonchev–Trinajstić information content (AvgIpc) is 3.09.